The summed E-state index contributed by atoms with van der Waals surface area (Å²) in [5.74, 6) is 1.82. The number of fused-ring (bicyclic) bond motifs is 9. The Morgan fingerprint density at radius 1 is 0.213 bits per heavy atom. The molecular weight excluding hydrogens is 743 g/mol. The lowest BCUT2D eigenvalue weighted by Crippen LogP contribution is -2.00. The molecule has 0 aliphatic carbocycles. The lowest BCUT2D eigenvalue weighted by atomic mass is 9.92. The van der Waals surface area contributed by atoms with Crippen LogP contribution in [-0.2, 0) is 0 Å². The molecule has 12 aromatic rings. The van der Waals surface area contributed by atoms with E-state index in [0.29, 0.717) is 17.5 Å². The van der Waals surface area contributed by atoms with E-state index in [1.165, 1.54) is 43.4 Å². The smallest absolute Gasteiger partial charge is 0.164 e. The van der Waals surface area contributed by atoms with Crippen molar-refractivity contribution >= 4 is 54.3 Å². The highest BCUT2D eigenvalue weighted by atomic mass is 16.3. The fourth-order valence-corrected chi connectivity index (χ4v) is 8.83. The van der Waals surface area contributed by atoms with Gasteiger partial charge in [0, 0.05) is 27.5 Å². The molecular formula is C57H35N3O. The molecule has 2 heterocycles. The number of aromatic nitrogens is 3. The SMILES string of the molecule is c1ccc(-c2ccc3c(c2)oc2cc(-c4nc(-c5ccccc5)nc(-c5ccc(-c6ccc(-c7ccc8c9ccccc9c9ccccc9c8c7)cc6)cc5)n4)ccc23)cc1. The molecule has 4 nitrogen and oxygen atoms in total. The van der Waals surface area contributed by atoms with E-state index in [2.05, 4.69) is 170 Å². The van der Waals surface area contributed by atoms with Crippen LogP contribution in [0.5, 0.6) is 0 Å². The van der Waals surface area contributed by atoms with E-state index in [1.807, 2.05) is 42.5 Å². The van der Waals surface area contributed by atoms with Gasteiger partial charge < -0.3 is 4.42 Å². The Hall–Kier alpha value is -8.21. The second-order valence-corrected chi connectivity index (χ2v) is 15.6. The molecule has 12 rings (SSSR count). The normalized spacial score (nSPS) is 11.6. The third-order valence-electron chi connectivity index (χ3n) is 11.9. The standard InChI is InChI=1S/C57H35N3O/c1-3-11-36(12-4-1)43-28-31-50-51-32-29-44(35-54(51)61-53(50)34-43)57-59-55(40-13-5-2-6-14-40)58-56(60-57)41-25-23-38(24-26-41)37-19-21-39(22-20-37)42-27-30-49-47-17-8-7-15-45(47)46-16-9-10-18-48(46)52(49)33-42/h1-35H. The van der Waals surface area contributed by atoms with Crippen molar-refractivity contribution in [1.29, 1.82) is 0 Å². The van der Waals surface area contributed by atoms with Crippen molar-refractivity contribution in [3.63, 3.8) is 0 Å². The molecule has 0 aliphatic heterocycles. The molecule has 284 valence electrons. The first kappa shape index (κ1) is 34.8. The van der Waals surface area contributed by atoms with Crippen molar-refractivity contribution in [2.45, 2.75) is 0 Å². The zero-order valence-corrected chi connectivity index (χ0v) is 33.0. The first-order valence-electron chi connectivity index (χ1n) is 20.6. The summed E-state index contributed by atoms with van der Waals surface area (Å²) in [6.07, 6.45) is 0. The molecule has 0 fully saturated rings. The minimum Gasteiger partial charge on any atom is -0.456 e. The molecule has 10 aromatic carbocycles. The van der Waals surface area contributed by atoms with Crippen LogP contribution in [0.3, 0.4) is 0 Å². The molecule has 0 spiro atoms. The van der Waals surface area contributed by atoms with Crippen LogP contribution in [0, 0.1) is 0 Å². The predicted molar refractivity (Wildman–Crippen MR) is 252 cm³/mol. The lowest BCUT2D eigenvalue weighted by Gasteiger charge is -2.12. The zero-order valence-electron chi connectivity index (χ0n) is 33.0. The molecule has 61 heavy (non-hydrogen) atoms. The van der Waals surface area contributed by atoms with Gasteiger partial charge in [-0.1, -0.05) is 182 Å². The maximum Gasteiger partial charge on any atom is 0.164 e. The van der Waals surface area contributed by atoms with Gasteiger partial charge in [0.1, 0.15) is 11.2 Å². The Bertz CT molecular complexity index is 3580. The Morgan fingerprint density at radius 2 is 0.525 bits per heavy atom. The number of hydrogen-bond donors (Lipinski definition) is 0. The molecule has 0 amide bonds. The van der Waals surface area contributed by atoms with Crippen LogP contribution in [-0.4, -0.2) is 15.0 Å². The molecule has 0 saturated carbocycles. The quantitative estimate of drug-likeness (QED) is 0.158. The zero-order chi connectivity index (χ0) is 40.3. The van der Waals surface area contributed by atoms with Gasteiger partial charge in [-0.3, -0.25) is 0 Å². The van der Waals surface area contributed by atoms with Crippen LogP contribution in [0.4, 0.5) is 0 Å². The largest absolute Gasteiger partial charge is 0.456 e. The summed E-state index contributed by atoms with van der Waals surface area (Å²) in [6.45, 7) is 0. The molecule has 0 unspecified atom stereocenters. The van der Waals surface area contributed by atoms with Crippen molar-refractivity contribution in [2.75, 3.05) is 0 Å². The number of benzene rings is 10. The van der Waals surface area contributed by atoms with E-state index < -0.39 is 0 Å². The van der Waals surface area contributed by atoms with Gasteiger partial charge >= 0.3 is 0 Å². The average Bonchev–Trinajstić information content (AvgIpc) is 3.72. The fraction of sp³-hybridized carbons (Fsp3) is 0. The van der Waals surface area contributed by atoms with E-state index in [0.717, 1.165) is 60.9 Å². The van der Waals surface area contributed by atoms with Crippen LogP contribution in [0.15, 0.2) is 217 Å². The van der Waals surface area contributed by atoms with Gasteiger partial charge in [-0.2, -0.15) is 0 Å². The minimum absolute atomic E-state index is 0.589. The first-order chi connectivity index (χ1) is 30.2. The first-order valence-corrected chi connectivity index (χ1v) is 20.6. The van der Waals surface area contributed by atoms with Crippen LogP contribution < -0.4 is 0 Å². The molecule has 2 aromatic heterocycles. The third-order valence-corrected chi connectivity index (χ3v) is 11.9. The summed E-state index contributed by atoms with van der Waals surface area (Å²) in [5.41, 5.74) is 11.3. The minimum atomic E-state index is 0.589. The Labute approximate surface area is 352 Å². The van der Waals surface area contributed by atoms with Gasteiger partial charge in [0.25, 0.3) is 0 Å². The highest BCUT2D eigenvalue weighted by molar-refractivity contribution is 6.25. The van der Waals surface area contributed by atoms with Crippen molar-refractivity contribution < 1.29 is 4.42 Å². The Morgan fingerprint density at radius 3 is 1.07 bits per heavy atom. The summed E-state index contributed by atoms with van der Waals surface area (Å²) >= 11 is 0. The molecule has 0 saturated heterocycles. The van der Waals surface area contributed by atoms with E-state index in [4.69, 9.17) is 19.4 Å². The lowest BCUT2D eigenvalue weighted by molar-refractivity contribution is 0.669. The van der Waals surface area contributed by atoms with E-state index >= 15 is 0 Å². The van der Waals surface area contributed by atoms with Crippen molar-refractivity contribution in [3.05, 3.63) is 212 Å². The van der Waals surface area contributed by atoms with E-state index in [-0.39, 0.29) is 0 Å². The van der Waals surface area contributed by atoms with Crippen molar-refractivity contribution in [1.82, 2.24) is 15.0 Å². The fourth-order valence-electron chi connectivity index (χ4n) is 8.83. The summed E-state index contributed by atoms with van der Waals surface area (Å²) in [4.78, 5) is 15.0. The second-order valence-electron chi connectivity index (χ2n) is 15.6. The van der Waals surface area contributed by atoms with Crippen LogP contribution in [0.1, 0.15) is 0 Å². The molecule has 0 radical (unpaired) electrons. The van der Waals surface area contributed by atoms with E-state index in [1.54, 1.807) is 0 Å². The highest BCUT2D eigenvalue weighted by Crippen LogP contribution is 2.38. The van der Waals surface area contributed by atoms with Crippen LogP contribution in [0.2, 0.25) is 0 Å². The number of rotatable bonds is 6. The predicted octanol–water partition coefficient (Wildman–Crippen LogP) is 15.2. The number of nitrogens with zero attached hydrogens (tertiary/aromatic N) is 3. The maximum atomic E-state index is 6.47. The summed E-state index contributed by atoms with van der Waals surface area (Å²) in [6, 6.07) is 74.8. The van der Waals surface area contributed by atoms with Gasteiger partial charge in [-0.15, -0.1) is 0 Å². The monoisotopic (exact) mass is 777 g/mol. The van der Waals surface area contributed by atoms with E-state index in [9.17, 15) is 0 Å². The van der Waals surface area contributed by atoms with Gasteiger partial charge in [-0.05, 0) is 96.0 Å². The van der Waals surface area contributed by atoms with Crippen molar-refractivity contribution in [2.24, 2.45) is 0 Å². The Kier molecular flexibility index (Phi) is 8.13. The van der Waals surface area contributed by atoms with Gasteiger partial charge in [0.05, 0.1) is 0 Å². The van der Waals surface area contributed by atoms with Crippen LogP contribution in [0.25, 0.3) is 122 Å². The number of furan rings is 1. The van der Waals surface area contributed by atoms with Gasteiger partial charge in [0.15, 0.2) is 17.5 Å². The molecule has 0 aliphatic rings. The topological polar surface area (TPSA) is 51.8 Å². The number of hydrogen-bond acceptors (Lipinski definition) is 4. The summed E-state index contributed by atoms with van der Waals surface area (Å²) in [7, 11) is 0. The molecule has 0 atom stereocenters. The summed E-state index contributed by atoms with van der Waals surface area (Å²) < 4.78 is 6.47. The molecule has 0 N–H and O–H groups in total. The molecule has 4 heteroatoms. The van der Waals surface area contributed by atoms with Crippen molar-refractivity contribution in [3.8, 4) is 67.5 Å². The van der Waals surface area contributed by atoms with Gasteiger partial charge in [-0.25, -0.2) is 15.0 Å². The summed E-state index contributed by atoms with van der Waals surface area (Å²) in [5, 5.41) is 9.83. The molecule has 0 bridgehead atoms. The highest BCUT2D eigenvalue weighted by Gasteiger charge is 2.16. The third kappa shape index (κ3) is 6.12. The Balaban J connectivity index is 0.872. The van der Waals surface area contributed by atoms with Gasteiger partial charge in [0.2, 0.25) is 0 Å². The average molecular weight is 778 g/mol. The maximum absolute atomic E-state index is 6.47. The second kappa shape index (κ2) is 14.3. The van der Waals surface area contributed by atoms with Crippen LogP contribution >= 0.6 is 0 Å².